The third-order valence-electron chi connectivity index (χ3n) is 3.00. The minimum Gasteiger partial charge on any atom is -0.478 e. The molecule has 0 bridgehead atoms. The van der Waals surface area contributed by atoms with Crippen molar-refractivity contribution in [2.45, 2.75) is 24.6 Å². The Kier molecular flexibility index (Phi) is 2.64. The van der Waals surface area contributed by atoms with Crippen molar-refractivity contribution >= 4 is 17.3 Å². The van der Waals surface area contributed by atoms with Gasteiger partial charge in [-0.05, 0) is 25.0 Å². The number of rotatable bonds is 3. The summed E-state index contributed by atoms with van der Waals surface area (Å²) >= 11 is 0. The first-order chi connectivity index (χ1) is 8.27. The van der Waals surface area contributed by atoms with Gasteiger partial charge in [0.05, 0.1) is 16.9 Å². The molecule has 1 aromatic rings. The maximum atomic E-state index is 12.8. The lowest BCUT2D eigenvalue weighted by atomic mass is 10.1. The molecule has 1 aliphatic rings. The van der Waals surface area contributed by atoms with Gasteiger partial charge in [-0.25, -0.2) is 4.79 Å². The smallest absolute Gasteiger partial charge is 0.411 e. The van der Waals surface area contributed by atoms with Crippen molar-refractivity contribution in [2.75, 3.05) is 11.1 Å². The molecule has 7 heteroatoms. The maximum absolute atomic E-state index is 12.8. The Hall–Kier alpha value is -1.92. The van der Waals surface area contributed by atoms with E-state index in [1.807, 2.05) is 0 Å². The van der Waals surface area contributed by atoms with Crippen LogP contribution >= 0.6 is 0 Å². The Balaban J connectivity index is 2.31. The molecule has 2 rings (SSSR count). The normalized spacial score (nSPS) is 17.3. The van der Waals surface area contributed by atoms with Gasteiger partial charge in [0.1, 0.15) is 5.54 Å². The van der Waals surface area contributed by atoms with Crippen LogP contribution in [0.25, 0.3) is 0 Å². The Morgan fingerprint density at radius 1 is 1.39 bits per heavy atom. The van der Waals surface area contributed by atoms with E-state index in [1.54, 1.807) is 0 Å². The minimum absolute atomic E-state index is 0.00438. The van der Waals surface area contributed by atoms with Crippen LogP contribution in [0.1, 0.15) is 23.2 Å². The highest BCUT2D eigenvalue weighted by molar-refractivity contribution is 5.97. The second-order valence-electron chi connectivity index (χ2n) is 4.28. The van der Waals surface area contributed by atoms with Crippen LogP contribution in [0.3, 0.4) is 0 Å². The average molecular weight is 260 g/mol. The van der Waals surface area contributed by atoms with E-state index in [0.29, 0.717) is 0 Å². The number of halogens is 3. The van der Waals surface area contributed by atoms with Gasteiger partial charge in [0.25, 0.3) is 0 Å². The van der Waals surface area contributed by atoms with Crippen LogP contribution in [-0.4, -0.2) is 22.8 Å². The quantitative estimate of drug-likeness (QED) is 0.730. The molecular formula is C11H11F3N2O2. The van der Waals surface area contributed by atoms with Gasteiger partial charge in [0.2, 0.25) is 0 Å². The van der Waals surface area contributed by atoms with E-state index >= 15 is 0 Å². The van der Waals surface area contributed by atoms with E-state index in [0.717, 1.165) is 0 Å². The fourth-order valence-electron chi connectivity index (χ4n) is 1.72. The topological polar surface area (TPSA) is 75.3 Å². The van der Waals surface area contributed by atoms with Gasteiger partial charge in [-0.2, -0.15) is 13.2 Å². The predicted octanol–water partition coefficient (Wildman–Crippen LogP) is 2.47. The molecule has 1 saturated carbocycles. The predicted molar refractivity (Wildman–Crippen MR) is 59.5 cm³/mol. The number of alkyl halides is 3. The molecule has 0 atom stereocenters. The van der Waals surface area contributed by atoms with Crippen LogP contribution < -0.4 is 11.1 Å². The molecule has 98 valence electrons. The fraction of sp³-hybridized carbons (Fsp3) is 0.364. The first-order valence-electron chi connectivity index (χ1n) is 5.23. The summed E-state index contributed by atoms with van der Waals surface area (Å²) in [6.07, 6.45) is -4.45. The molecule has 0 amide bonds. The number of aromatic carboxylic acids is 1. The van der Waals surface area contributed by atoms with Gasteiger partial charge >= 0.3 is 12.1 Å². The van der Waals surface area contributed by atoms with Crippen LogP contribution in [-0.2, 0) is 0 Å². The van der Waals surface area contributed by atoms with Gasteiger partial charge in [0, 0.05) is 0 Å². The second-order valence-corrected chi connectivity index (χ2v) is 4.28. The molecule has 1 fully saturated rings. The number of carbonyl (C=O) groups is 1. The number of hydrogen-bond acceptors (Lipinski definition) is 3. The van der Waals surface area contributed by atoms with E-state index in [1.165, 1.54) is 18.2 Å². The third-order valence-corrected chi connectivity index (χ3v) is 3.00. The largest absolute Gasteiger partial charge is 0.478 e. The molecule has 1 aliphatic carbocycles. The summed E-state index contributed by atoms with van der Waals surface area (Å²) in [5.74, 6) is -1.27. The third kappa shape index (κ3) is 1.96. The van der Waals surface area contributed by atoms with Crippen LogP contribution in [0.15, 0.2) is 18.2 Å². The Morgan fingerprint density at radius 3 is 2.44 bits per heavy atom. The zero-order valence-electron chi connectivity index (χ0n) is 9.21. The number of anilines is 2. The summed E-state index contributed by atoms with van der Waals surface area (Å²) in [6.45, 7) is 0. The van der Waals surface area contributed by atoms with Crippen molar-refractivity contribution in [1.82, 2.24) is 0 Å². The van der Waals surface area contributed by atoms with Crippen molar-refractivity contribution in [3.63, 3.8) is 0 Å². The van der Waals surface area contributed by atoms with Gasteiger partial charge in [0.15, 0.2) is 0 Å². The van der Waals surface area contributed by atoms with Gasteiger partial charge < -0.3 is 16.2 Å². The number of para-hydroxylation sites is 1. The van der Waals surface area contributed by atoms with Crippen LogP contribution in [0.2, 0.25) is 0 Å². The molecule has 0 radical (unpaired) electrons. The van der Waals surface area contributed by atoms with Crippen LogP contribution in [0.4, 0.5) is 24.5 Å². The molecule has 0 heterocycles. The first kappa shape index (κ1) is 12.5. The van der Waals surface area contributed by atoms with Gasteiger partial charge in [-0.3, -0.25) is 0 Å². The second kappa shape index (κ2) is 3.79. The highest BCUT2D eigenvalue weighted by atomic mass is 19.4. The summed E-state index contributed by atoms with van der Waals surface area (Å²) in [6, 6.07) is 3.94. The summed E-state index contributed by atoms with van der Waals surface area (Å²) in [7, 11) is 0. The summed E-state index contributed by atoms with van der Waals surface area (Å²) in [5.41, 5.74) is 3.21. The van der Waals surface area contributed by atoms with Crippen molar-refractivity contribution in [2.24, 2.45) is 0 Å². The molecule has 0 unspecified atom stereocenters. The van der Waals surface area contributed by atoms with Gasteiger partial charge in [-0.1, -0.05) is 6.07 Å². The molecule has 1 aromatic carbocycles. The average Bonchev–Trinajstić information content (AvgIpc) is 3.01. The van der Waals surface area contributed by atoms with E-state index < -0.39 is 17.7 Å². The Morgan fingerprint density at radius 2 is 2.00 bits per heavy atom. The number of benzene rings is 1. The number of nitrogen functional groups attached to an aromatic ring is 1. The molecular weight excluding hydrogens is 249 g/mol. The number of nitrogens with two attached hydrogens (primary N) is 1. The zero-order chi connectivity index (χ0) is 13.6. The Bertz CT molecular complexity index is 496. The minimum atomic E-state index is -4.38. The molecule has 4 N–H and O–H groups in total. The van der Waals surface area contributed by atoms with Crippen LogP contribution in [0.5, 0.6) is 0 Å². The number of carboxylic acids is 1. The highest BCUT2D eigenvalue weighted by Crippen LogP contribution is 2.51. The first-order valence-corrected chi connectivity index (χ1v) is 5.23. The number of hydrogen-bond donors (Lipinski definition) is 3. The summed E-state index contributed by atoms with van der Waals surface area (Å²) in [5, 5.41) is 11.2. The number of carboxylic acid groups (broad SMARTS) is 1. The van der Waals surface area contributed by atoms with Crippen molar-refractivity contribution in [3.05, 3.63) is 23.8 Å². The van der Waals surface area contributed by atoms with Crippen molar-refractivity contribution in [3.8, 4) is 0 Å². The van der Waals surface area contributed by atoms with E-state index in [4.69, 9.17) is 10.8 Å². The standard InChI is InChI=1S/C11H11F3N2O2/c12-11(13,14)10(4-5-10)16-7-3-1-2-6(8(7)15)9(17)18/h1-3,16H,4-5,15H2,(H,17,18). The molecule has 0 saturated heterocycles. The molecule has 0 aromatic heterocycles. The van der Waals surface area contributed by atoms with E-state index in [-0.39, 0.29) is 29.8 Å². The van der Waals surface area contributed by atoms with E-state index in [9.17, 15) is 18.0 Å². The zero-order valence-corrected chi connectivity index (χ0v) is 9.21. The molecule has 4 nitrogen and oxygen atoms in total. The molecule has 0 spiro atoms. The lowest BCUT2D eigenvalue weighted by Gasteiger charge is -2.23. The summed E-state index contributed by atoms with van der Waals surface area (Å²) in [4.78, 5) is 10.8. The van der Waals surface area contributed by atoms with E-state index in [2.05, 4.69) is 5.32 Å². The lowest BCUT2D eigenvalue weighted by molar-refractivity contribution is -0.151. The molecule has 18 heavy (non-hydrogen) atoms. The SMILES string of the molecule is Nc1c(NC2(C(F)(F)F)CC2)cccc1C(=O)O. The number of nitrogens with one attached hydrogen (secondary N) is 1. The van der Waals surface area contributed by atoms with Crippen molar-refractivity contribution < 1.29 is 23.1 Å². The molecule has 0 aliphatic heterocycles. The van der Waals surface area contributed by atoms with Crippen LogP contribution in [0, 0.1) is 0 Å². The highest BCUT2D eigenvalue weighted by Gasteiger charge is 2.63. The lowest BCUT2D eigenvalue weighted by Crippen LogP contribution is -2.38. The maximum Gasteiger partial charge on any atom is 0.411 e. The Labute approximate surface area is 101 Å². The monoisotopic (exact) mass is 260 g/mol. The fourth-order valence-corrected chi connectivity index (χ4v) is 1.72. The van der Waals surface area contributed by atoms with Crippen molar-refractivity contribution in [1.29, 1.82) is 0 Å². The van der Waals surface area contributed by atoms with Gasteiger partial charge in [-0.15, -0.1) is 0 Å². The summed E-state index contributed by atoms with van der Waals surface area (Å²) < 4.78 is 38.3.